The summed E-state index contributed by atoms with van der Waals surface area (Å²) in [4.78, 5) is 6.84. The number of para-hydroxylation sites is 2. The third-order valence-electron chi connectivity index (χ3n) is 3.68. The topological polar surface area (TPSA) is 29.9 Å². The number of imidazole rings is 1. The number of hydrogen-bond acceptors (Lipinski definition) is 1. The molecule has 0 saturated carbocycles. The Bertz CT molecular complexity index is 873. The number of H-pyrrole nitrogens is 2. The molecule has 0 amide bonds. The van der Waals surface area contributed by atoms with Crippen LogP contribution in [-0.4, -0.2) is 4.98 Å². The number of fused-ring (bicyclic) bond motifs is 2. The highest BCUT2D eigenvalue weighted by Gasteiger charge is 2.10. The van der Waals surface area contributed by atoms with Crippen molar-refractivity contribution in [2.24, 2.45) is 0 Å². The summed E-state index contributed by atoms with van der Waals surface area (Å²) in [5.41, 5.74) is 3.67. The Morgan fingerprint density at radius 1 is 0.857 bits per heavy atom. The first-order valence-corrected chi connectivity index (χ1v) is 7.98. The van der Waals surface area contributed by atoms with Gasteiger partial charge in [-0.2, -0.15) is 0 Å². The number of nitrogens with one attached hydrogen (secondary N) is 2. The number of rotatable bonds is 3. The largest absolute Gasteiger partial charge is 0.314 e. The average Bonchev–Trinajstić information content (AvgIpc) is 2.96. The van der Waals surface area contributed by atoms with E-state index in [-0.39, 0.29) is 0 Å². The van der Waals surface area contributed by atoms with Crippen molar-refractivity contribution in [2.45, 2.75) is 10.9 Å². The van der Waals surface area contributed by atoms with Gasteiger partial charge in [-0.05, 0) is 40.2 Å². The van der Waals surface area contributed by atoms with E-state index in [1.54, 1.807) is 11.8 Å². The smallest absolute Gasteiger partial charge is 0.231 e. The van der Waals surface area contributed by atoms with Crippen LogP contribution in [0.25, 0.3) is 21.8 Å². The number of aromatic nitrogens is 2. The van der Waals surface area contributed by atoms with Gasteiger partial charge in [0.1, 0.15) is 0 Å². The van der Waals surface area contributed by atoms with Crippen molar-refractivity contribution >= 4 is 33.6 Å². The molecule has 1 aromatic heterocycles. The van der Waals surface area contributed by atoms with Gasteiger partial charge in [-0.3, -0.25) is 0 Å². The van der Waals surface area contributed by atoms with Crippen LogP contribution in [0.4, 0.5) is 0 Å². The Labute approximate surface area is 127 Å². The van der Waals surface area contributed by atoms with Crippen molar-refractivity contribution in [3.8, 4) is 0 Å². The molecule has 0 radical (unpaired) electrons. The number of thioether (sulfide) groups is 1. The predicted molar refractivity (Wildman–Crippen MR) is 88.4 cm³/mol. The van der Waals surface area contributed by atoms with Crippen LogP contribution in [0.3, 0.4) is 0 Å². The summed E-state index contributed by atoms with van der Waals surface area (Å²) >= 11 is 1.80. The Morgan fingerprint density at radius 2 is 1.67 bits per heavy atom. The zero-order valence-corrected chi connectivity index (χ0v) is 12.3. The maximum absolute atomic E-state index is 3.42. The molecule has 0 saturated heterocycles. The van der Waals surface area contributed by atoms with Crippen molar-refractivity contribution in [2.75, 3.05) is 0 Å². The summed E-state index contributed by atoms with van der Waals surface area (Å²) in [7, 11) is 0. The zero-order chi connectivity index (χ0) is 14.1. The molecule has 4 rings (SSSR count). The second-order valence-corrected chi connectivity index (χ2v) is 6.04. The monoisotopic (exact) mass is 291 g/mol. The van der Waals surface area contributed by atoms with E-state index >= 15 is 0 Å². The van der Waals surface area contributed by atoms with Crippen molar-refractivity contribution in [1.82, 2.24) is 4.98 Å². The highest BCUT2D eigenvalue weighted by atomic mass is 32.2. The average molecular weight is 291 g/mol. The van der Waals surface area contributed by atoms with Crippen LogP contribution in [0.15, 0.2) is 71.9 Å². The highest BCUT2D eigenvalue weighted by Crippen LogP contribution is 2.25. The lowest BCUT2D eigenvalue weighted by atomic mass is 10.1. The Balaban J connectivity index is 1.63. The van der Waals surface area contributed by atoms with E-state index in [0.717, 1.165) is 21.9 Å². The fourth-order valence-electron chi connectivity index (χ4n) is 2.62. The first kappa shape index (κ1) is 12.5. The van der Waals surface area contributed by atoms with E-state index in [2.05, 4.69) is 64.6 Å². The lowest BCUT2D eigenvalue weighted by Gasteiger charge is -2.03. The van der Waals surface area contributed by atoms with Crippen LogP contribution < -0.4 is 4.98 Å². The van der Waals surface area contributed by atoms with Gasteiger partial charge in [-0.1, -0.05) is 54.6 Å². The maximum Gasteiger partial charge on any atom is 0.314 e. The highest BCUT2D eigenvalue weighted by molar-refractivity contribution is 7.98. The quantitative estimate of drug-likeness (QED) is 0.556. The van der Waals surface area contributed by atoms with Crippen molar-refractivity contribution in [3.05, 3.63) is 72.3 Å². The van der Waals surface area contributed by atoms with Crippen molar-refractivity contribution in [3.63, 3.8) is 0 Å². The van der Waals surface area contributed by atoms with Gasteiger partial charge < -0.3 is 0 Å². The van der Waals surface area contributed by atoms with Gasteiger partial charge in [0.05, 0.1) is 0 Å². The molecule has 0 aliphatic carbocycles. The fraction of sp³-hybridized carbons (Fsp3) is 0.0556. The summed E-state index contributed by atoms with van der Waals surface area (Å²) < 4.78 is 0. The number of hydrogen-bond donors (Lipinski definition) is 1. The molecule has 2 nitrogen and oxygen atoms in total. The molecule has 0 spiro atoms. The van der Waals surface area contributed by atoms with Gasteiger partial charge in [0, 0.05) is 5.75 Å². The SMILES string of the molecule is c1ccc2c(CSc3[nH]c4ccccc4[nH+]3)cccc2c1. The molecular formula is C18H15N2S+. The van der Waals surface area contributed by atoms with Crippen LogP contribution >= 0.6 is 11.8 Å². The Hall–Kier alpha value is -2.26. The number of aromatic amines is 2. The Morgan fingerprint density at radius 3 is 2.62 bits per heavy atom. The van der Waals surface area contributed by atoms with Crippen molar-refractivity contribution in [1.29, 1.82) is 0 Å². The molecule has 0 aliphatic heterocycles. The molecule has 3 heteroatoms. The predicted octanol–water partition coefficient (Wildman–Crippen LogP) is 4.43. The standard InChI is InChI=1S/C18H14N2S/c1-2-9-15-13(6-1)7-5-8-14(15)12-21-18-19-16-10-3-4-11-17(16)20-18/h1-11H,12H2,(H,19,20)/p+1. The Kier molecular flexibility index (Phi) is 3.13. The van der Waals surface area contributed by atoms with Crippen LogP contribution in [0.2, 0.25) is 0 Å². The lowest BCUT2D eigenvalue weighted by Crippen LogP contribution is -2.01. The molecule has 1 heterocycles. The molecule has 102 valence electrons. The van der Waals surface area contributed by atoms with Crippen molar-refractivity contribution < 1.29 is 4.98 Å². The molecular weight excluding hydrogens is 276 g/mol. The minimum absolute atomic E-state index is 0.949. The van der Waals surface area contributed by atoms with E-state index in [0.29, 0.717) is 0 Å². The molecule has 0 unspecified atom stereocenters. The second kappa shape index (κ2) is 5.26. The van der Waals surface area contributed by atoms with Crippen LogP contribution in [0, 0.1) is 0 Å². The third kappa shape index (κ3) is 2.41. The summed E-state index contributed by atoms with van der Waals surface area (Å²) in [5, 5.41) is 3.74. The van der Waals surface area contributed by atoms with E-state index in [4.69, 9.17) is 0 Å². The van der Waals surface area contributed by atoms with Crippen LogP contribution in [-0.2, 0) is 5.75 Å². The molecule has 21 heavy (non-hydrogen) atoms. The van der Waals surface area contributed by atoms with Gasteiger partial charge in [0.25, 0.3) is 0 Å². The number of benzene rings is 3. The first-order chi connectivity index (χ1) is 10.4. The summed E-state index contributed by atoms with van der Waals surface area (Å²) in [6, 6.07) is 23.3. The lowest BCUT2D eigenvalue weighted by molar-refractivity contribution is -0.396. The zero-order valence-electron chi connectivity index (χ0n) is 11.5. The normalized spacial score (nSPS) is 11.2. The van der Waals surface area contributed by atoms with Crippen LogP contribution in [0.5, 0.6) is 0 Å². The van der Waals surface area contributed by atoms with Gasteiger partial charge in [0.2, 0.25) is 0 Å². The van der Waals surface area contributed by atoms with E-state index in [1.165, 1.54) is 16.3 Å². The first-order valence-electron chi connectivity index (χ1n) is 7.00. The van der Waals surface area contributed by atoms with E-state index in [9.17, 15) is 0 Å². The molecule has 0 fully saturated rings. The second-order valence-electron chi connectivity index (χ2n) is 5.05. The van der Waals surface area contributed by atoms with Gasteiger partial charge >= 0.3 is 5.16 Å². The van der Waals surface area contributed by atoms with Gasteiger partial charge in [0.15, 0.2) is 11.0 Å². The van der Waals surface area contributed by atoms with Gasteiger partial charge in [-0.15, -0.1) is 0 Å². The summed E-state index contributed by atoms with van der Waals surface area (Å²) in [6.07, 6.45) is 0. The molecule has 3 aromatic carbocycles. The molecule has 0 atom stereocenters. The van der Waals surface area contributed by atoms with Crippen LogP contribution in [0.1, 0.15) is 5.56 Å². The maximum atomic E-state index is 3.42. The third-order valence-corrected chi connectivity index (χ3v) is 4.62. The minimum Gasteiger partial charge on any atom is -0.231 e. The van der Waals surface area contributed by atoms with E-state index in [1.807, 2.05) is 12.1 Å². The molecule has 0 aliphatic rings. The summed E-state index contributed by atoms with van der Waals surface area (Å²) in [5.74, 6) is 0.949. The molecule has 2 N–H and O–H groups in total. The molecule has 0 bridgehead atoms. The fourth-order valence-corrected chi connectivity index (χ4v) is 3.53. The molecule has 4 aromatic rings. The summed E-state index contributed by atoms with van der Waals surface area (Å²) in [6.45, 7) is 0. The van der Waals surface area contributed by atoms with Gasteiger partial charge in [-0.25, -0.2) is 9.97 Å². The minimum atomic E-state index is 0.949. The van der Waals surface area contributed by atoms with E-state index < -0.39 is 0 Å².